The van der Waals surface area contributed by atoms with E-state index < -0.39 is 24.0 Å². The molecule has 0 saturated carbocycles. The minimum atomic E-state index is -1.46. The Morgan fingerprint density at radius 2 is 1.56 bits per heavy atom. The summed E-state index contributed by atoms with van der Waals surface area (Å²) < 4.78 is 5.40. The molecule has 0 spiro atoms. The Hall–Kier alpha value is -4.13. The Bertz CT molecular complexity index is 1140. The van der Waals surface area contributed by atoms with E-state index in [1.54, 1.807) is 12.1 Å². The lowest BCUT2D eigenvalue weighted by atomic mass is 9.98. The molecule has 32 heavy (non-hydrogen) atoms. The molecule has 162 valence electrons. The molecule has 0 unspecified atom stereocenters. The van der Waals surface area contributed by atoms with Gasteiger partial charge in [-0.25, -0.2) is 4.79 Å². The zero-order valence-corrected chi connectivity index (χ0v) is 17.1. The Morgan fingerprint density at radius 1 is 0.938 bits per heavy atom. The number of carboxylic acids is 1. The fourth-order valence-corrected chi connectivity index (χ4v) is 4.06. The molecule has 0 aliphatic heterocycles. The van der Waals surface area contributed by atoms with E-state index >= 15 is 0 Å². The molecule has 3 aromatic carbocycles. The lowest BCUT2D eigenvalue weighted by Gasteiger charge is -2.21. The number of fused-ring (bicyclic) bond motifs is 3. The summed E-state index contributed by atoms with van der Waals surface area (Å²) in [6.45, 7) is 0.0663. The lowest BCUT2D eigenvalue weighted by Crippen LogP contribution is -2.49. The van der Waals surface area contributed by atoms with Crippen LogP contribution >= 0.6 is 0 Å². The van der Waals surface area contributed by atoms with Gasteiger partial charge in [0.25, 0.3) is 0 Å². The van der Waals surface area contributed by atoms with Crippen molar-refractivity contribution in [2.24, 2.45) is 5.73 Å². The normalized spacial score (nSPS) is 13.0. The average molecular weight is 429 g/mol. The van der Waals surface area contributed by atoms with Gasteiger partial charge in [0, 0.05) is 11.5 Å². The van der Waals surface area contributed by atoms with Gasteiger partial charge < -0.3 is 25.7 Å². The van der Waals surface area contributed by atoms with Crippen LogP contribution in [0.3, 0.4) is 0 Å². The minimum absolute atomic E-state index is 0.0663. The second-order valence-corrected chi connectivity index (χ2v) is 7.61. The van der Waals surface area contributed by atoms with Crippen molar-refractivity contribution in [3.05, 3.63) is 95.1 Å². The number of rotatable bonds is 7. The highest BCUT2D eigenvalue weighted by molar-refractivity contribution is 5.93. The fraction of sp³-hybridized carbons (Fsp3) is 0.160. The smallest absolute Gasteiger partial charge is 0.407 e. The molecule has 1 aliphatic rings. The number of ether oxygens (including phenoxy) is 1. The molecular weight excluding hydrogens is 408 g/mol. The molecule has 0 radical (unpaired) electrons. The van der Waals surface area contributed by atoms with E-state index in [4.69, 9.17) is 10.5 Å². The molecule has 0 bridgehead atoms. The van der Waals surface area contributed by atoms with Gasteiger partial charge in [-0.2, -0.15) is 0 Å². The number of hydrogen-bond donors (Lipinski definition) is 2. The number of benzene rings is 3. The van der Waals surface area contributed by atoms with Gasteiger partial charge in [-0.1, -0.05) is 60.7 Å². The highest BCUT2D eigenvalue weighted by Crippen LogP contribution is 2.44. The largest absolute Gasteiger partial charge is 0.548 e. The van der Waals surface area contributed by atoms with Crippen LogP contribution in [0.2, 0.25) is 0 Å². The zero-order chi connectivity index (χ0) is 22.7. The summed E-state index contributed by atoms with van der Waals surface area (Å²) in [5.41, 5.74) is 10.3. The van der Waals surface area contributed by atoms with Gasteiger partial charge in [-0.15, -0.1) is 0 Å². The van der Waals surface area contributed by atoms with Crippen molar-refractivity contribution in [2.45, 2.75) is 18.4 Å². The number of carboxylic acid groups (broad SMARTS) is 1. The van der Waals surface area contributed by atoms with E-state index in [0.29, 0.717) is 5.56 Å². The van der Waals surface area contributed by atoms with Crippen molar-refractivity contribution >= 4 is 18.0 Å². The summed E-state index contributed by atoms with van der Waals surface area (Å²) in [6.07, 6.45) is -0.930. The van der Waals surface area contributed by atoms with Crippen molar-refractivity contribution in [3.8, 4) is 11.1 Å². The summed E-state index contributed by atoms with van der Waals surface area (Å²) in [4.78, 5) is 35.3. The van der Waals surface area contributed by atoms with Crippen molar-refractivity contribution in [2.75, 3.05) is 6.61 Å². The second kappa shape index (κ2) is 8.93. The summed E-state index contributed by atoms with van der Waals surface area (Å²) in [5, 5.41) is 13.9. The Kier molecular flexibility index (Phi) is 5.89. The van der Waals surface area contributed by atoms with Gasteiger partial charge in [0.1, 0.15) is 6.61 Å². The zero-order valence-electron chi connectivity index (χ0n) is 17.1. The van der Waals surface area contributed by atoms with Crippen LogP contribution in [-0.2, 0) is 16.0 Å². The number of primary amides is 1. The van der Waals surface area contributed by atoms with Crippen LogP contribution in [0.5, 0.6) is 0 Å². The molecule has 3 N–H and O–H groups in total. The van der Waals surface area contributed by atoms with Gasteiger partial charge in [0.05, 0.1) is 12.0 Å². The number of amides is 2. The molecule has 7 heteroatoms. The van der Waals surface area contributed by atoms with Crippen LogP contribution in [0.4, 0.5) is 4.79 Å². The third-order valence-corrected chi connectivity index (χ3v) is 5.57. The Balaban J connectivity index is 1.43. The molecule has 3 aromatic rings. The summed E-state index contributed by atoms with van der Waals surface area (Å²) in [5.74, 6) is -2.22. The first-order valence-corrected chi connectivity index (χ1v) is 10.1. The predicted octanol–water partition coefficient (Wildman–Crippen LogP) is 1.99. The third kappa shape index (κ3) is 4.32. The van der Waals surface area contributed by atoms with Crippen LogP contribution in [0.25, 0.3) is 11.1 Å². The summed E-state index contributed by atoms with van der Waals surface area (Å²) >= 11 is 0. The van der Waals surface area contributed by atoms with Gasteiger partial charge in [-0.3, -0.25) is 4.79 Å². The predicted molar refractivity (Wildman–Crippen MR) is 116 cm³/mol. The number of aliphatic carboxylic acids is 1. The summed E-state index contributed by atoms with van der Waals surface area (Å²) in [6, 6.07) is 20.8. The van der Waals surface area contributed by atoms with E-state index in [2.05, 4.69) is 5.32 Å². The first kappa shape index (κ1) is 21.1. The lowest BCUT2D eigenvalue weighted by molar-refractivity contribution is -0.308. The standard InChI is InChI=1S/C25H22N2O5/c26-23(28)16-7-5-6-15(12-16)13-22(24(29)30)27-25(31)32-14-21-19-10-3-1-8-17(19)18-9-2-4-11-20(18)21/h1-12,21-22H,13-14H2,(H2,26,28)(H,27,31)(H,29,30)/p-1/t22-/m0/s1. The number of nitrogens with one attached hydrogen (secondary N) is 1. The van der Waals surface area contributed by atoms with E-state index in [9.17, 15) is 19.5 Å². The third-order valence-electron chi connectivity index (χ3n) is 5.57. The van der Waals surface area contributed by atoms with Gasteiger partial charge >= 0.3 is 6.09 Å². The number of hydrogen-bond acceptors (Lipinski definition) is 5. The minimum Gasteiger partial charge on any atom is -0.548 e. The molecule has 0 fully saturated rings. The molecule has 0 aromatic heterocycles. The topological polar surface area (TPSA) is 122 Å². The monoisotopic (exact) mass is 429 g/mol. The van der Waals surface area contributed by atoms with Crippen LogP contribution in [0.15, 0.2) is 72.8 Å². The summed E-state index contributed by atoms with van der Waals surface area (Å²) in [7, 11) is 0. The molecule has 7 nitrogen and oxygen atoms in total. The maximum Gasteiger partial charge on any atom is 0.407 e. The van der Waals surface area contributed by atoms with Gasteiger partial charge in [0.15, 0.2) is 0 Å². The molecule has 0 heterocycles. The molecule has 1 aliphatic carbocycles. The first-order valence-electron chi connectivity index (χ1n) is 10.1. The Labute approximate surface area is 184 Å². The molecule has 4 rings (SSSR count). The van der Waals surface area contributed by atoms with E-state index in [-0.39, 0.29) is 24.5 Å². The van der Waals surface area contributed by atoms with Crippen molar-refractivity contribution in [1.29, 1.82) is 0 Å². The molecule has 1 atom stereocenters. The van der Waals surface area contributed by atoms with Crippen LogP contribution < -0.4 is 16.2 Å². The maximum atomic E-state index is 12.4. The van der Waals surface area contributed by atoms with Gasteiger partial charge in [-0.05, 0) is 46.4 Å². The van der Waals surface area contributed by atoms with E-state index in [0.717, 1.165) is 22.3 Å². The highest BCUT2D eigenvalue weighted by atomic mass is 16.5. The fourth-order valence-electron chi connectivity index (χ4n) is 4.06. The SMILES string of the molecule is NC(=O)c1cccc(C[C@H](NC(=O)OCC2c3ccccc3-c3ccccc32)C(=O)[O-])c1. The Morgan fingerprint density at radius 3 is 2.16 bits per heavy atom. The van der Waals surface area contributed by atoms with Crippen molar-refractivity contribution in [3.63, 3.8) is 0 Å². The number of alkyl carbamates (subject to hydrolysis) is 1. The van der Waals surface area contributed by atoms with Crippen LogP contribution in [-0.4, -0.2) is 30.6 Å². The van der Waals surface area contributed by atoms with Crippen LogP contribution in [0, 0.1) is 0 Å². The highest BCUT2D eigenvalue weighted by Gasteiger charge is 2.29. The molecular formula is C25H21N2O5-. The van der Waals surface area contributed by atoms with Crippen LogP contribution in [0.1, 0.15) is 33.0 Å². The molecule has 0 saturated heterocycles. The first-order chi connectivity index (χ1) is 15.4. The maximum absolute atomic E-state index is 12.4. The molecule has 2 amide bonds. The average Bonchev–Trinajstić information content (AvgIpc) is 3.11. The number of carbonyl (C=O) groups is 3. The van der Waals surface area contributed by atoms with Crippen molar-refractivity contribution in [1.82, 2.24) is 5.32 Å². The van der Waals surface area contributed by atoms with Gasteiger partial charge in [0.2, 0.25) is 5.91 Å². The van der Waals surface area contributed by atoms with Crippen molar-refractivity contribution < 1.29 is 24.2 Å². The second-order valence-electron chi connectivity index (χ2n) is 7.61. The van der Waals surface area contributed by atoms with E-state index in [1.807, 2.05) is 48.5 Å². The number of carbonyl (C=O) groups excluding carboxylic acids is 3. The van der Waals surface area contributed by atoms with E-state index in [1.165, 1.54) is 12.1 Å². The number of nitrogens with two attached hydrogens (primary N) is 1. The quantitative estimate of drug-likeness (QED) is 0.595.